The Morgan fingerprint density at radius 3 is 0.959 bits per heavy atom. The van der Waals surface area contributed by atoms with Crippen molar-refractivity contribution in [2.24, 2.45) is 65.0 Å². The van der Waals surface area contributed by atoms with Crippen LogP contribution in [0.25, 0.3) is 0 Å². The van der Waals surface area contributed by atoms with Crippen LogP contribution in [-0.4, -0.2) is 258 Å². The van der Waals surface area contributed by atoms with Crippen molar-refractivity contribution >= 4 is 130 Å². The zero-order valence-electron chi connectivity index (χ0n) is 92.8. The Morgan fingerprint density at radius 1 is 0.342 bits per heavy atom. The van der Waals surface area contributed by atoms with Crippen LogP contribution in [0.2, 0.25) is 0 Å². The van der Waals surface area contributed by atoms with Gasteiger partial charge in [0.1, 0.15) is 44.4 Å². The molecule has 0 N–H and O–H groups in total. The summed E-state index contributed by atoms with van der Waals surface area (Å²) in [4.78, 5) is 292. The van der Waals surface area contributed by atoms with Crippen LogP contribution >= 0.6 is 0 Å². The number of esters is 2. The average Bonchev–Trinajstić information content (AvgIpc) is 1.63. The summed E-state index contributed by atoms with van der Waals surface area (Å²) < 4.78 is 16.3. The predicted octanol–water partition coefficient (Wildman–Crippen LogP) is 13.3. The molecule has 0 aromatic heterocycles. The highest BCUT2D eigenvalue weighted by molar-refractivity contribution is 6.23. The van der Waals surface area contributed by atoms with Gasteiger partial charge in [-0.25, -0.2) is 0 Å². The standard InChI is InChI=1S/C31H40N2O6.C30H45N3O6.C29H40N2O9.C22H30N2O4/c1-29(2,3)22-15-25(35)32(27(22)37)17-20(33-26(36)16-23(28(33)38)30(4,5)6)14-19-10-12-21(13-11-19)39-18-24(34)31(7,8)9;1-18-22(29(6,7)8)26(38)32(24(18)36)16-14-31(21(35)13-12-20(34)28(3,4)5)15-17-33-25(37)19(2)23(27(33)39)30(9,10)11;1-26(2,3)17-11-19(32)30(23(17)36)13-21(34)39-15-29(10,25(38)28(7,8)9)16-40-22(35)14-31-20(33)12-18(24(31)37)27(4,5)6;1-21(2,3)15-11-17(25)23(19(15)27)13-7-9-14(10-8-13)24-18(26)12-16(20(24)28)22(4,5)6/h10-13,15-16,20H,14,17-18H2,1-9H3;12-17H2,1-11H3;11-12H,13-16H2,1-10H3;11-14H,7-10H2,1-6H3/t20-;;;/m0.../s1. The molecule has 8 aliphatic heterocycles. The van der Waals surface area contributed by atoms with Gasteiger partial charge in [0, 0.05) is 160 Å². The largest absolute Gasteiger partial charge is 0.486 e. The first-order valence-corrected chi connectivity index (χ1v) is 49.8. The number of ketones is 3. The van der Waals surface area contributed by atoms with E-state index in [1.807, 2.05) is 145 Å². The summed E-state index contributed by atoms with van der Waals surface area (Å²) in [6.45, 7) is 62.6. The lowest BCUT2D eigenvalue weighted by atomic mass is 9.74. The number of ether oxygens (including phenoxy) is 3. The second kappa shape index (κ2) is 44.3. The first-order valence-electron chi connectivity index (χ1n) is 49.8. The Balaban J connectivity index is 0.000000266. The fraction of sp³-hybridized carbons (Fsp3) is 0.607. The van der Waals surface area contributed by atoms with Crippen LogP contribution in [0.5, 0.6) is 5.75 Å². The molecule has 1 aromatic carbocycles. The number of benzene rings is 1. The minimum Gasteiger partial charge on any atom is -0.486 e. The molecule has 34 nitrogen and oxygen atoms in total. The summed E-state index contributed by atoms with van der Waals surface area (Å²) in [7, 11) is 0. The molecule has 9 aliphatic rings. The first kappa shape index (κ1) is 120. The third kappa shape index (κ3) is 28.7. The van der Waals surface area contributed by atoms with Crippen molar-refractivity contribution < 1.29 is 120 Å². The normalized spacial score (nSPS) is 19.1. The van der Waals surface area contributed by atoms with Gasteiger partial charge in [0.15, 0.2) is 11.6 Å². The van der Waals surface area contributed by atoms with E-state index in [1.54, 1.807) is 121 Å². The second-order valence-corrected chi connectivity index (χ2v) is 50.6. The predicted molar refractivity (Wildman–Crippen MR) is 543 cm³/mol. The van der Waals surface area contributed by atoms with Gasteiger partial charge in [0.25, 0.3) is 94.5 Å². The summed E-state index contributed by atoms with van der Waals surface area (Å²) in [5.41, 5.74) is -2.66. The van der Waals surface area contributed by atoms with Gasteiger partial charge in [0.05, 0.1) is 18.0 Å². The molecule has 10 rings (SSSR count). The van der Waals surface area contributed by atoms with E-state index in [1.165, 1.54) is 63.0 Å². The van der Waals surface area contributed by atoms with E-state index in [2.05, 4.69) is 0 Å². The van der Waals surface area contributed by atoms with Gasteiger partial charge in [-0.05, 0) is 114 Å². The van der Waals surface area contributed by atoms with Gasteiger partial charge < -0.3 is 19.1 Å². The Hall–Kier alpha value is -12.5. The highest BCUT2D eigenvalue weighted by Gasteiger charge is 2.52. The molecule has 1 aromatic rings. The van der Waals surface area contributed by atoms with Crippen molar-refractivity contribution in [3.05, 3.63) is 122 Å². The summed E-state index contributed by atoms with van der Waals surface area (Å²) in [6, 6.07) is 5.92. The smallest absolute Gasteiger partial charge is 0.326 e. The van der Waals surface area contributed by atoms with Gasteiger partial charge in [-0.15, -0.1) is 0 Å². The van der Waals surface area contributed by atoms with Crippen molar-refractivity contribution in [3.8, 4) is 5.75 Å². The number of Topliss-reactive ketones (excluding diaryl/α,β-unsaturated/α-hetero) is 3. The lowest BCUT2D eigenvalue weighted by molar-refractivity contribution is -0.164. The van der Waals surface area contributed by atoms with Gasteiger partial charge in [-0.3, -0.25) is 145 Å². The van der Waals surface area contributed by atoms with E-state index in [4.69, 9.17) is 14.2 Å². The maximum Gasteiger partial charge on any atom is 0.326 e. The van der Waals surface area contributed by atoms with Crippen LogP contribution in [0.3, 0.4) is 0 Å². The third-order valence-corrected chi connectivity index (χ3v) is 26.6. The lowest BCUT2D eigenvalue weighted by Crippen LogP contribution is -2.50. The number of hydrogen-bond acceptors (Lipinski definition) is 25. The molecular formula is C112H155N9O25. The van der Waals surface area contributed by atoms with Gasteiger partial charge in [-0.1, -0.05) is 241 Å². The van der Waals surface area contributed by atoms with E-state index in [0.717, 1.165) is 30.1 Å². The number of nitrogens with zero attached hydrogens (tertiary/aromatic N) is 9. The van der Waals surface area contributed by atoms with Crippen LogP contribution in [-0.2, 0) is 121 Å². The Bertz CT molecular complexity index is 5590. The molecule has 0 bridgehead atoms. The number of carbonyl (C=O) groups is 22. The van der Waals surface area contributed by atoms with Crippen LogP contribution in [0.15, 0.2) is 116 Å². The molecule has 1 aliphatic carbocycles. The molecule has 798 valence electrons. The highest BCUT2D eigenvalue weighted by Crippen LogP contribution is 2.44. The fourth-order valence-electron chi connectivity index (χ4n) is 18.1. The molecule has 0 saturated heterocycles. The fourth-order valence-corrected chi connectivity index (χ4v) is 18.1. The van der Waals surface area contributed by atoms with Gasteiger partial charge >= 0.3 is 11.9 Å². The van der Waals surface area contributed by atoms with Crippen molar-refractivity contribution in [3.63, 3.8) is 0 Å². The van der Waals surface area contributed by atoms with Crippen LogP contribution in [0.1, 0.15) is 293 Å². The molecule has 0 spiro atoms. The molecule has 17 amide bonds. The van der Waals surface area contributed by atoms with Gasteiger partial charge in [-0.2, -0.15) is 0 Å². The first-order chi connectivity index (χ1) is 66.2. The molecule has 1 saturated carbocycles. The van der Waals surface area contributed by atoms with Gasteiger partial charge in [0.2, 0.25) is 5.91 Å². The SMILES string of the molecule is CC(C)(C)C(=O)C(C)(COC(=O)CN1C(=O)C=C(C(C)(C)C)C1=O)COC(=O)CN1C(=O)C=C(C(C)(C)C)C1=O.CC(C)(C)C(=O)COc1ccc(C[C@@H](CN2C(=O)C=C(C(C)(C)C)C2=O)N2C(=O)C=C(C(C)(C)C)C2=O)cc1.CC(C)(C)C1=CC(=O)N(C2CCC(N3C(=O)C=C(C(C)(C)C)C3=O)CC2)C1=O.CC1=C(C(C)(C)C)C(=O)N(CCN(CCN2C(=O)C(C)=C(C(C)(C)C)C2=O)C(=O)CCC(=O)C(C)(C)C)C1=O. The maximum atomic E-state index is 13.4. The zero-order valence-corrected chi connectivity index (χ0v) is 92.8. The summed E-state index contributed by atoms with van der Waals surface area (Å²) in [6.07, 6.45) is 10.7. The molecule has 146 heavy (non-hydrogen) atoms. The Morgan fingerprint density at radius 2 is 0.658 bits per heavy atom. The minimum absolute atomic E-state index is 0.0250. The third-order valence-electron chi connectivity index (χ3n) is 26.6. The average molecular weight is 2030 g/mol. The van der Waals surface area contributed by atoms with Crippen molar-refractivity contribution in [1.29, 1.82) is 0 Å². The quantitative estimate of drug-likeness (QED) is 0.0555. The minimum atomic E-state index is -1.49. The number of imide groups is 8. The zero-order chi connectivity index (χ0) is 112. The Kier molecular flexibility index (Phi) is 36.5. The number of hydrogen-bond donors (Lipinski definition) is 0. The number of amides is 17. The second-order valence-electron chi connectivity index (χ2n) is 50.6. The van der Waals surface area contributed by atoms with Crippen molar-refractivity contribution in [2.75, 3.05) is 65.6 Å². The molecule has 0 radical (unpaired) electrons. The molecular weight excluding hydrogens is 1870 g/mol. The summed E-state index contributed by atoms with van der Waals surface area (Å²) >= 11 is 0. The molecule has 8 heterocycles. The van der Waals surface area contributed by atoms with E-state index in [0.29, 0.717) is 76.0 Å². The molecule has 0 unspecified atom stereocenters. The molecule has 1 atom stereocenters. The van der Waals surface area contributed by atoms with E-state index in [-0.39, 0.29) is 163 Å². The topological polar surface area (TPSA) is 432 Å². The van der Waals surface area contributed by atoms with Crippen molar-refractivity contribution in [2.45, 2.75) is 312 Å². The van der Waals surface area contributed by atoms with Crippen LogP contribution in [0.4, 0.5) is 0 Å². The van der Waals surface area contributed by atoms with E-state index >= 15 is 0 Å². The Labute approximate surface area is 859 Å². The highest BCUT2D eigenvalue weighted by atomic mass is 16.6. The summed E-state index contributed by atoms with van der Waals surface area (Å²) in [5.74, 6) is -8.74. The van der Waals surface area contributed by atoms with E-state index < -0.39 is 146 Å². The van der Waals surface area contributed by atoms with E-state index in [9.17, 15) is 105 Å². The number of rotatable bonds is 28. The number of carbonyl (C=O) groups excluding carboxylic acids is 22. The maximum absolute atomic E-state index is 13.4. The molecule has 1 fully saturated rings. The molecule has 34 heteroatoms. The van der Waals surface area contributed by atoms with Crippen LogP contribution < -0.4 is 4.74 Å². The van der Waals surface area contributed by atoms with Crippen LogP contribution in [0, 0.1) is 65.0 Å². The monoisotopic (exact) mass is 2030 g/mol. The lowest BCUT2D eigenvalue weighted by Gasteiger charge is -2.37. The van der Waals surface area contributed by atoms with Crippen molar-refractivity contribution in [1.82, 2.24) is 44.1 Å². The summed E-state index contributed by atoms with van der Waals surface area (Å²) in [5, 5.41) is 0.